The molecule has 2 aromatic carbocycles. The van der Waals surface area contributed by atoms with Gasteiger partial charge in [-0.2, -0.15) is 9.78 Å². The number of nitrogens with one attached hydrogen (secondary N) is 1. The molecular formula is C16H11ClN4O3. The lowest BCUT2D eigenvalue weighted by Crippen LogP contribution is -2.21. The largest absolute Gasteiger partial charge is 0.347 e. The maximum absolute atomic E-state index is 12.4. The molecule has 1 amide bonds. The smallest absolute Gasteiger partial charge is 0.306 e. The molecule has 0 spiro atoms. The number of nitro benzene ring substituents is 1. The van der Waals surface area contributed by atoms with Crippen molar-refractivity contribution >= 4 is 29.0 Å². The SMILES string of the molecule is O=C(Nc1ccccc1)n1nccc1-c1ccc([N+](=O)[O-])cc1Cl. The number of benzene rings is 2. The molecule has 0 fully saturated rings. The van der Waals surface area contributed by atoms with E-state index in [9.17, 15) is 14.9 Å². The first-order chi connectivity index (χ1) is 11.6. The Balaban J connectivity index is 1.93. The van der Waals surface area contributed by atoms with Crippen LogP contribution in [-0.4, -0.2) is 20.7 Å². The Morgan fingerprint density at radius 3 is 2.58 bits per heavy atom. The molecule has 1 aromatic heterocycles. The molecule has 0 aliphatic rings. The summed E-state index contributed by atoms with van der Waals surface area (Å²) in [5.41, 5.74) is 1.41. The molecule has 0 aliphatic heterocycles. The number of para-hydroxylation sites is 1. The predicted octanol–water partition coefficient (Wildman–Crippen LogP) is 4.19. The van der Waals surface area contributed by atoms with Crippen LogP contribution >= 0.6 is 11.6 Å². The fourth-order valence-electron chi connectivity index (χ4n) is 2.19. The van der Waals surface area contributed by atoms with Gasteiger partial charge >= 0.3 is 6.03 Å². The van der Waals surface area contributed by atoms with Crippen LogP contribution in [0, 0.1) is 10.1 Å². The zero-order chi connectivity index (χ0) is 17.1. The molecule has 1 N–H and O–H groups in total. The second kappa shape index (κ2) is 6.51. The minimum absolute atomic E-state index is 0.122. The first-order valence-electron chi connectivity index (χ1n) is 6.91. The molecular weight excluding hydrogens is 332 g/mol. The van der Waals surface area contributed by atoms with E-state index in [1.165, 1.54) is 24.4 Å². The number of halogens is 1. The Hall–Kier alpha value is -3.19. The van der Waals surface area contributed by atoms with Crippen LogP contribution in [0.25, 0.3) is 11.3 Å². The van der Waals surface area contributed by atoms with Crippen LogP contribution in [0.5, 0.6) is 0 Å². The van der Waals surface area contributed by atoms with Gasteiger partial charge in [0.2, 0.25) is 0 Å². The normalized spacial score (nSPS) is 10.4. The summed E-state index contributed by atoms with van der Waals surface area (Å²) in [5.74, 6) is 0. The molecule has 0 saturated heterocycles. The van der Waals surface area contributed by atoms with Gasteiger partial charge in [0.15, 0.2) is 0 Å². The zero-order valence-electron chi connectivity index (χ0n) is 12.2. The van der Waals surface area contributed by atoms with Crippen LogP contribution in [0.3, 0.4) is 0 Å². The molecule has 7 nitrogen and oxygen atoms in total. The van der Waals surface area contributed by atoms with E-state index in [1.807, 2.05) is 6.07 Å². The standard InChI is InChI=1S/C16H11ClN4O3/c17-14-10-12(21(23)24)6-7-13(14)15-8-9-18-20(15)16(22)19-11-4-2-1-3-5-11/h1-10H,(H,19,22). The molecule has 0 aliphatic carbocycles. The number of amides is 1. The number of nitrogens with zero attached hydrogens (tertiary/aromatic N) is 3. The summed E-state index contributed by atoms with van der Waals surface area (Å²) in [6.07, 6.45) is 1.46. The number of rotatable bonds is 3. The van der Waals surface area contributed by atoms with Gasteiger partial charge in [0.05, 0.1) is 21.8 Å². The van der Waals surface area contributed by atoms with E-state index >= 15 is 0 Å². The fourth-order valence-corrected chi connectivity index (χ4v) is 2.46. The zero-order valence-corrected chi connectivity index (χ0v) is 13.0. The second-order valence-electron chi connectivity index (χ2n) is 4.85. The van der Waals surface area contributed by atoms with Crippen molar-refractivity contribution < 1.29 is 9.72 Å². The van der Waals surface area contributed by atoms with Gasteiger partial charge in [0, 0.05) is 23.4 Å². The van der Waals surface area contributed by atoms with E-state index in [-0.39, 0.29) is 10.7 Å². The summed E-state index contributed by atoms with van der Waals surface area (Å²) >= 11 is 6.12. The third kappa shape index (κ3) is 3.11. The number of aromatic nitrogens is 2. The van der Waals surface area contributed by atoms with E-state index < -0.39 is 11.0 Å². The van der Waals surface area contributed by atoms with E-state index in [1.54, 1.807) is 30.3 Å². The third-order valence-electron chi connectivity index (χ3n) is 3.30. The summed E-state index contributed by atoms with van der Waals surface area (Å²) in [5, 5.41) is 17.7. The van der Waals surface area contributed by atoms with Gasteiger partial charge in [-0.3, -0.25) is 10.1 Å². The lowest BCUT2D eigenvalue weighted by atomic mass is 10.1. The number of carbonyl (C=O) groups is 1. The van der Waals surface area contributed by atoms with Gasteiger partial charge in [-0.15, -0.1) is 0 Å². The maximum Gasteiger partial charge on any atom is 0.347 e. The molecule has 0 saturated carbocycles. The number of non-ortho nitro benzene ring substituents is 1. The molecule has 8 heteroatoms. The summed E-state index contributed by atoms with van der Waals surface area (Å²) in [4.78, 5) is 22.7. The Kier molecular flexibility index (Phi) is 4.26. The van der Waals surface area contributed by atoms with Crippen molar-refractivity contribution in [2.24, 2.45) is 0 Å². The van der Waals surface area contributed by atoms with Gasteiger partial charge in [-0.25, -0.2) is 4.79 Å². The first kappa shape index (κ1) is 15.7. The highest BCUT2D eigenvalue weighted by atomic mass is 35.5. The Morgan fingerprint density at radius 2 is 1.92 bits per heavy atom. The molecule has 0 unspecified atom stereocenters. The highest BCUT2D eigenvalue weighted by molar-refractivity contribution is 6.33. The minimum atomic E-state index is -0.533. The van der Waals surface area contributed by atoms with Gasteiger partial charge < -0.3 is 5.32 Å². The van der Waals surface area contributed by atoms with Gasteiger partial charge in [-0.05, 0) is 24.3 Å². The molecule has 0 bridgehead atoms. The van der Waals surface area contributed by atoms with Crippen molar-refractivity contribution in [1.82, 2.24) is 9.78 Å². The Morgan fingerprint density at radius 1 is 1.17 bits per heavy atom. The van der Waals surface area contributed by atoms with Gasteiger partial charge in [0.1, 0.15) is 0 Å². The Bertz CT molecular complexity index is 909. The van der Waals surface area contributed by atoms with Crippen LogP contribution < -0.4 is 5.32 Å². The molecule has 0 atom stereocenters. The van der Waals surface area contributed by atoms with Gasteiger partial charge in [-0.1, -0.05) is 29.8 Å². The van der Waals surface area contributed by atoms with E-state index in [0.717, 1.165) is 4.68 Å². The molecule has 1 heterocycles. The van der Waals surface area contributed by atoms with Crippen LogP contribution in [0.2, 0.25) is 5.02 Å². The maximum atomic E-state index is 12.4. The monoisotopic (exact) mass is 342 g/mol. The average molecular weight is 343 g/mol. The molecule has 0 radical (unpaired) electrons. The second-order valence-corrected chi connectivity index (χ2v) is 5.25. The van der Waals surface area contributed by atoms with Crippen molar-refractivity contribution in [1.29, 1.82) is 0 Å². The van der Waals surface area contributed by atoms with Crippen molar-refractivity contribution in [3.05, 3.63) is 75.9 Å². The summed E-state index contributed by atoms with van der Waals surface area (Å²) < 4.78 is 1.15. The van der Waals surface area contributed by atoms with Crippen molar-refractivity contribution in [2.75, 3.05) is 5.32 Å². The topological polar surface area (TPSA) is 90.1 Å². The summed E-state index contributed by atoms with van der Waals surface area (Å²) in [7, 11) is 0. The molecule has 120 valence electrons. The highest BCUT2D eigenvalue weighted by Gasteiger charge is 2.17. The van der Waals surface area contributed by atoms with E-state index in [0.29, 0.717) is 16.9 Å². The van der Waals surface area contributed by atoms with Crippen molar-refractivity contribution in [3.8, 4) is 11.3 Å². The summed E-state index contributed by atoms with van der Waals surface area (Å²) in [6.45, 7) is 0. The number of anilines is 1. The molecule has 3 aromatic rings. The minimum Gasteiger partial charge on any atom is -0.306 e. The third-order valence-corrected chi connectivity index (χ3v) is 3.61. The van der Waals surface area contributed by atoms with Crippen LogP contribution in [0.15, 0.2) is 60.8 Å². The predicted molar refractivity (Wildman–Crippen MR) is 90.2 cm³/mol. The van der Waals surface area contributed by atoms with Crippen LogP contribution in [0.4, 0.5) is 16.2 Å². The van der Waals surface area contributed by atoms with Crippen molar-refractivity contribution in [3.63, 3.8) is 0 Å². The first-order valence-corrected chi connectivity index (χ1v) is 7.29. The average Bonchev–Trinajstić information content (AvgIpc) is 3.05. The number of nitro groups is 1. The quantitative estimate of drug-likeness (QED) is 0.570. The van der Waals surface area contributed by atoms with Gasteiger partial charge in [0.25, 0.3) is 5.69 Å². The molecule has 3 rings (SSSR count). The highest BCUT2D eigenvalue weighted by Crippen LogP contribution is 2.31. The Labute approximate surface area is 141 Å². The number of hydrogen-bond acceptors (Lipinski definition) is 4. The van der Waals surface area contributed by atoms with Crippen LogP contribution in [-0.2, 0) is 0 Å². The van der Waals surface area contributed by atoms with E-state index in [4.69, 9.17) is 11.6 Å². The van der Waals surface area contributed by atoms with E-state index in [2.05, 4.69) is 10.4 Å². The summed E-state index contributed by atoms with van der Waals surface area (Å²) in [6, 6.07) is 14.1. The number of carbonyl (C=O) groups excluding carboxylic acids is 1. The van der Waals surface area contributed by atoms with Crippen molar-refractivity contribution in [2.45, 2.75) is 0 Å². The van der Waals surface area contributed by atoms with Crippen LogP contribution in [0.1, 0.15) is 0 Å². The fraction of sp³-hybridized carbons (Fsp3) is 0. The molecule has 24 heavy (non-hydrogen) atoms. The lowest BCUT2D eigenvalue weighted by Gasteiger charge is -2.09. The number of hydrogen-bond donors (Lipinski definition) is 1. The lowest BCUT2D eigenvalue weighted by molar-refractivity contribution is -0.384.